The van der Waals surface area contributed by atoms with E-state index >= 15 is 0 Å². The molecule has 0 aromatic heterocycles. The number of ether oxygens (including phenoxy) is 1. The summed E-state index contributed by atoms with van der Waals surface area (Å²) in [5.41, 5.74) is 0.724. The van der Waals surface area contributed by atoms with Crippen molar-refractivity contribution in [1.82, 2.24) is 0 Å². The molecule has 17 heavy (non-hydrogen) atoms. The number of hydrogen-bond donors (Lipinski definition) is 0. The molecule has 0 saturated carbocycles. The van der Waals surface area contributed by atoms with E-state index in [1.54, 1.807) is 12.1 Å². The molecule has 0 amide bonds. The molecule has 2 unspecified atom stereocenters. The van der Waals surface area contributed by atoms with Crippen molar-refractivity contribution in [3.63, 3.8) is 0 Å². The fourth-order valence-electron chi connectivity index (χ4n) is 1.98. The Balaban J connectivity index is 2.21. The maximum absolute atomic E-state index is 12.1. The molecule has 1 aliphatic rings. The van der Waals surface area contributed by atoms with Crippen LogP contribution in [-0.4, -0.2) is 18.5 Å². The summed E-state index contributed by atoms with van der Waals surface area (Å²) in [5.74, 6) is -0.848. The van der Waals surface area contributed by atoms with E-state index in [-0.39, 0.29) is 5.78 Å². The van der Waals surface area contributed by atoms with E-state index in [4.69, 9.17) is 10.00 Å². The molecule has 0 N–H and O–H groups in total. The van der Waals surface area contributed by atoms with Crippen molar-refractivity contribution in [1.29, 1.82) is 5.26 Å². The smallest absolute Gasteiger partial charge is 0.183 e. The van der Waals surface area contributed by atoms with Crippen molar-refractivity contribution < 1.29 is 9.53 Å². The highest BCUT2D eigenvalue weighted by Gasteiger charge is 2.31. The van der Waals surface area contributed by atoms with Gasteiger partial charge in [0.25, 0.3) is 0 Å². The minimum atomic E-state index is -0.726. The molecule has 1 aliphatic heterocycles. The Bertz CT molecular complexity index is 461. The number of carbonyl (C=O) groups is 1. The Morgan fingerprint density at radius 2 is 2.41 bits per heavy atom. The monoisotopic (exact) mass is 293 g/mol. The number of benzene rings is 1. The molecule has 1 aromatic rings. The topological polar surface area (TPSA) is 50.1 Å². The summed E-state index contributed by atoms with van der Waals surface area (Å²) >= 11 is 3.34. The Morgan fingerprint density at radius 1 is 1.59 bits per heavy atom. The zero-order valence-electron chi connectivity index (χ0n) is 9.23. The lowest BCUT2D eigenvalue weighted by Crippen LogP contribution is -2.25. The predicted octanol–water partition coefficient (Wildman–Crippen LogP) is 2.80. The molecule has 1 aromatic carbocycles. The summed E-state index contributed by atoms with van der Waals surface area (Å²) in [5, 5.41) is 9.16. The first kappa shape index (κ1) is 12.3. The van der Waals surface area contributed by atoms with E-state index in [0.717, 1.165) is 22.9 Å². The van der Waals surface area contributed by atoms with Crippen LogP contribution in [0.25, 0.3) is 0 Å². The normalized spacial score (nSPS) is 20.8. The van der Waals surface area contributed by atoms with Crippen LogP contribution in [0, 0.1) is 11.3 Å². The largest absolute Gasteiger partial charge is 0.370 e. The van der Waals surface area contributed by atoms with Crippen LogP contribution in [0.5, 0.6) is 0 Å². The number of Topliss-reactive ketones (excluding diaryl/α,β-unsaturated/α-hetero) is 1. The molecule has 0 spiro atoms. The molecule has 3 nitrogen and oxygen atoms in total. The highest BCUT2D eigenvalue weighted by Crippen LogP contribution is 2.25. The van der Waals surface area contributed by atoms with Gasteiger partial charge in [-0.3, -0.25) is 4.79 Å². The number of ketones is 1. The molecule has 2 atom stereocenters. The molecule has 1 saturated heterocycles. The van der Waals surface area contributed by atoms with Crippen molar-refractivity contribution in [2.75, 3.05) is 6.61 Å². The lowest BCUT2D eigenvalue weighted by atomic mass is 9.92. The van der Waals surface area contributed by atoms with Gasteiger partial charge in [-0.1, -0.05) is 28.1 Å². The van der Waals surface area contributed by atoms with Gasteiger partial charge in [-0.2, -0.15) is 5.26 Å². The summed E-state index contributed by atoms with van der Waals surface area (Å²) < 4.78 is 6.21. The van der Waals surface area contributed by atoms with Crippen LogP contribution < -0.4 is 0 Å². The number of nitriles is 1. The lowest BCUT2D eigenvalue weighted by Gasteiger charge is -2.13. The van der Waals surface area contributed by atoms with Gasteiger partial charge in [0, 0.05) is 11.1 Å². The Labute approximate surface area is 109 Å². The van der Waals surface area contributed by atoms with Crippen LogP contribution in [0.4, 0.5) is 0 Å². The van der Waals surface area contributed by atoms with E-state index in [1.165, 1.54) is 0 Å². The second-order valence-electron chi connectivity index (χ2n) is 4.02. The highest BCUT2D eigenvalue weighted by atomic mass is 79.9. The minimum Gasteiger partial charge on any atom is -0.370 e. The maximum Gasteiger partial charge on any atom is 0.183 e. The van der Waals surface area contributed by atoms with Gasteiger partial charge in [-0.05, 0) is 30.5 Å². The van der Waals surface area contributed by atoms with Crippen molar-refractivity contribution in [3.05, 3.63) is 34.3 Å². The molecule has 1 heterocycles. The Hall–Kier alpha value is -1.18. The quantitative estimate of drug-likeness (QED) is 0.861. The van der Waals surface area contributed by atoms with Crippen molar-refractivity contribution in [2.45, 2.75) is 24.9 Å². The van der Waals surface area contributed by atoms with Gasteiger partial charge in [-0.25, -0.2) is 0 Å². The molecule has 88 valence electrons. The van der Waals surface area contributed by atoms with Crippen molar-refractivity contribution in [2.24, 2.45) is 0 Å². The van der Waals surface area contributed by atoms with Crippen LogP contribution in [-0.2, 0) is 9.53 Å². The molecule has 2 rings (SSSR count). The van der Waals surface area contributed by atoms with Gasteiger partial charge in [0.15, 0.2) is 5.78 Å². The third-order valence-electron chi connectivity index (χ3n) is 2.84. The van der Waals surface area contributed by atoms with E-state index < -0.39 is 12.0 Å². The molecule has 4 heteroatoms. The highest BCUT2D eigenvalue weighted by molar-refractivity contribution is 9.10. The summed E-state index contributed by atoms with van der Waals surface area (Å²) in [7, 11) is 0. The molecule has 0 aliphatic carbocycles. The summed E-state index contributed by atoms with van der Waals surface area (Å²) in [6.45, 7) is 0.618. The van der Waals surface area contributed by atoms with Gasteiger partial charge >= 0.3 is 0 Å². The summed E-state index contributed by atoms with van der Waals surface area (Å²) in [6, 6.07) is 9.37. The number of carbonyl (C=O) groups excluding carboxylic acids is 1. The van der Waals surface area contributed by atoms with Gasteiger partial charge in [0.1, 0.15) is 12.0 Å². The van der Waals surface area contributed by atoms with Crippen LogP contribution >= 0.6 is 15.9 Å². The van der Waals surface area contributed by atoms with Crippen LogP contribution in [0.15, 0.2) is 28.7 Å². The van der Waals surface area contributed by atoms with Crippen LogP contribution in [0.1, 0.15) is 24.3 Å². The Kier molecular flexibility index (Phi) is 3.93. The SMILES string of the molecule is N#CC(C(=O)C1CCCO1)c1cccc(Br)c1. The number of hydrogen-bond acceptors (Lipinski definition) is 3. The van der Waals surface area contributed by atoms with E-state index in [0.29, 0.717) is 6.61 Å². The fraction of sp³-hybridized carbons (Fsp3) is 0.385. The third kappa shape index (κ3) is 2.74. The average Bonchev–Trinajstić information content (AvgIpc) is 2.83. The average molecular weight is 294 g/mol. The van der Waals surface area contributed by atoms with E-state index in [2.05, 4.69) is 22.0 Å². The van der Waals surface area contributed by atoms with Gasteiger partial charge in [-0.15, -0.1) is 0 Å². The third-order valence-corrected chi connectivity index (χ3v) is 3.34. The zero-order chi connectivity index (χ0) is 12.3. The molecule has 1 fully saturated rings. The first-order valence-corrected chi connectivity index (χ1v) is 6.32. The number of halogens is 1. The van der Waals surface area contributed by atoms with Crippen LogP contribution in [0.2, 0.25) is 0 Å². The predicted molar refractivity (Wildman–Crippen MR) is 66.5 cm³/mol. The lowest BCUT2D eigenvalue weighted by molar-refractivity contribution is -0.128. The van der Waals surface area contributed by atoms with Gasteiger partial charge in [0.05, 0.1) is 6.07 Å². The standard InChI is InChI=1S/C13H12BrNO2/c14-10-4-1-3-9(7-10)11(8-15)13(16)12-5-2-6-17-12/h1,3-4,7,11-12H,2,5-6H2. The second kappa shape index (κ2) is 5.44. The molecular weight excluding hydrogens is 282 g/mol. The fourth-order valence-corrected chi connectivity index (χ4v) is 2.39. The van der Waals surface area contributed by atoms with Crippen molar-refractivity contribution >= 4 is 21.7 Å². The first-order chi connectivity index (χ1) is 8.22. The molecule has 0 radical (unpaired) electrons. The molecular formula is C13H12BrNO2. The minimum absolute atomic E-state index is 0.122. The van der Waals surface area contributed by atoms with Gasteiger partial charge in [0.2, 0.25) is 0 Å². The van der Waals surface area contributed by atoms with Crippen molar-refractivity contribution in [3.8, 4) is 6.07 Å². The number of nitrogens with zero attached hydrogens (tertiary/aromatic N) is 1. The summed E-state index contributed by atoms with van der Waals surface area (Å²) in [4.78, 5) is 12.1. The van der Waals surface area contributed by atoms with Crippen LogP contribution in [0.3, 0.4) is 0 Å². The second-order valence-corrected chi connectivity index (χ2v) is 4.94. The zero-order valence-corrected chi connectivity index (χ0v) is 10.8. The maximum atomic E-state index is 12.1. The van der Waals surface area contributed by atoms with Gasteiger partial charge < -0.3 is 4.74 Å². The number of rotatable bonds is 3. The first-order valence-electron chi connectivity index (χ1n) is 5.53. The van der Waals surface area contributed by atoms with E-state index in [9.17, 15) is 4.79 Å². The van der Waals surface area contributed by atoms with E-state index in [1.807, 2.05) is 12.1 Å². The summed E-state index contributed by atoms with van der Waals surface area (Å²) in [6.07, 6.45) is 1.22. The molecule has 0 bridgehead atoms. The Morgan fingerprint density at radius 3 is 3.00 bits per heavy atom.